The second-order valence-electron chi connectivity index (χ2n) is 10.3. The molecule has 4 saturated carbocycles. The van der Waals surface area contributed by atoms with Gasteiger partial charge in [0.2, 0.25) is 5.91 Å². The molecule has 0 unspecified atom stereocenters. The van der Waals surface area contributed by atoms with Gasteiger partial charge in [-0.15, -0.1) is 11.3 Å². The van der Waals surface area contributed by atoms with Crippen molar-refractivity contribution < 1.29 is 9.59 Å². The molecule has 168 valence electrons. The number of rotatable bonds is 3. The smallest absolute Gasteiger partial charge is 0.265 e. The summed E-state index contributed by atoms with van der Waals surface area (Å²) in [4.78, 5) is 44.4. The van der Waals surface area contributed by atoms with E-state index in [9.17, 15) is 9.59 Å². The van der Waals surface area contributed by atoms with Crippen LogP contribution >= 0.6 is 11.3 Å². The van der Waals surface area contributed by atoms with E-state index in [-0.39, 0.29) is 11.3 Å². The molecule has 8 heteroatoms. The molecular weight excluding hydrogens is 422 g/mol. The van der Waals surface area contributed by atoms with Gasteiger partial charge in [-0.2, -0.15) is 0 Å². The Morgan fingerprint density at radius 1 is 0.938 bits per heavy atom. The van der Waals surface area contributed by atoms with E-state index in [2.05, 4.69) is 19.9 Å². The van der Waals surface area contributed by atoms with Gasteiger partial charge in [-0.05, 0) is 69.3 Å². The normalized spacial score (nSPS) is 31.2. The molecule has 3 heterocycles. The molecule has 7 rings (SSSR count). The zero-order valence-corrected chi connectivity index (χ0v) is 19.3. The average Bonchev–Trinajstić information content (AvgIpc) is 3.19. The minimum atomic E-state index is -0.0974. The van der Waals surface area contributed by atoms with E-state index in [1.54, 1.807) is 18.5 Å². The number of hydrogen-bond donors (Lipinski definition) is 0. The van der Waals surface area contributed by atoms with Crippen LogP contribution in [-0.4, -0.2) is 62.7 Å². The Balaban J connectivity index is 1.12. The summed E-state index contributed by atoms with van der Waals surface area (Å²) in [6.45, 7) is 4.32. The van der Waals surface area contributed by atoms with E-state index in [1.165, 1.54) is 30.6 Å². The third-order valence-electron chi connectivity index (χ3n) is 8.09. The van der Waals surface area contributed by atoms with Gasteiger partial charge in [0.05, 0.1) is 11.1 Å². The summed E-state index contributed by atoms with van der Waals surface area (Å²) >= 11 is 1.35. The molecule has 0 aromatic carbocycles. The van der Waals surface area contributed by atoms with E-state index in [0.717, 1.165) is 42.7 Å². The molecule has 7 nitrogen and oxygen atoms in total. The Morgan fingerprint density at radius 2 is 1.50 bits per heavy atom. The van der Waals surface area contributed by atoms with Crippen LogP contribution in [-0.2, 0) is 4.79 Å². The molecule has 0 radical (unpaired) electrons. The lowest BCUT2D eigenvalue weighted by atomic mass is 9.49. The Labute approximate surface area is 192 Å². The van der Waals surface area contributed by atoms with E-state index >= 15 is 0 Å². The number of carbonyl (C=O) groups excluding carboxylic acids is 2. The molecule has 2 amide bonds. The first kappa shape index (κ1) is 20.3. The molecule has 5 fully saturated rings. The van der Waals surface area contributed by atoms with Crippen molar-refractivity contribution in [2.75, 3.05) is 26.2 Å². The molecule has 0 N–H and O–H groups in total. The van der Waals surface area contributed by atoms with Crippen molar-refractivity contribution in [1.29, 1.82) is 0 Å². The molecule has 4 aliphatic carbocycles. The lowest BCUT2D eigenvalue weighted by Crippen LogP contribution is -2.58. The Morgan fingerprint density at radius 3 is 2.09 bits per heavy atom. The maximum Gasteiger partial charge on any atom is 0.265 e. The van der Waals surface area contributed by atoms with Gasteiger partial charge in [0.1, 0.15) is 4.88 Å². The van der Waals surface area contributed by atoms with Crippen LogP contribution in [0.4, 0.5) is 0 Å². The Hall–Kier alpha value is -2.35. The maximum absolute atomic E-state index is 13.6. The second-order valence-corrected chi connectivity index (χ2v) is 11.3. The summed E-state index contributed by atoms with van der Waals surface area (Å²) < 4.78 is 0. The van der Waals surface area contributed by atoms with E-state index in [1.807, 2.05) is 11.8 Å². The molecular formula is C24H29N5O2S. The van der Waals surface area contributed by atoms with Crippen LogP contribution < -0.4 is 0 Å². The van der Waals surface area contributed by atoms with E-state index < -0.39 is 0 Å². The second kappa shape index (κ2) is 7.61. The molecule has 0 atom stereocenters. The highest BCUT2D eigenvalue weighted by Gasteiger charge is 2.55. The van der Waals surface area contributed by atoms with Crippen LogP contribution in [0.5, 0.6) is 0 Å². The highest BCUT2D eigenvalue weighted by Crippen LogP contribution is 2.60. The van der Waals surface area contributed by atoms with E-state index in [0.29, 0.717) is 47.8 Å². The number of aryl methyl sites for hydroxylation is 1. The van der Waals surface area contributed by atoms with Crippen LogP contribution in [0.3, 0.4) is 0 Å². The molecule has 5 aliphatic rings. The van der Waals surface area contributed by atoms with Crippen molar-refractivity contribution in [2.45, 2.75) is 45.4 Å². The van der Waals surface area contributed by atoms with Gasteiger partial charge in [0.15, 0.2) is 10.8 Å². The van der Waals surface area contributed by atoms with Gasteiger partial charge < -0.3 is 9.80 Å². The van der Waals surface area contributed by atoms with Crippen molar-refractivity contribution in [2.24, 2.45) is 23.2 Å². The number of aromatic nitrogens is 3. The molecule has 32 heavy (non-hydrogen) atoms. The van der Waals surface area contributed by atoms with Crippen molar-refractivity contribution in [1.82, 2.24) is 24.8 Å². The zero-order chi connectivity index (χ0) is 21.9. The molecule has 2 aromatic heterocycles. The van der Waals surface area contributed by atoms with Gasteiger partial charge >= 0.3 is 0 Å². The molecule has 2 aromatic rings. The average molecular weight is 452 g/mol. The predicted molar refractivity (Wildman–Crippen MR) is 121 cm³/mol. The third-order valence-corrected chi connectivity index (χ3v) is 9.24. The first-order valence-corrected chi connectivity index (χ1v) is 12.7. The van der Waals surface area contributed by atoms with Gasteiger partial charge in [0, 0.05) is 38.6 Å². The predicted octanol–water partition coefficient (Wildman–Crippen LogP) is 3.41. The maximum atomic E-state index is 13.6. The summed E-state index contributed by atoms with van der Waals surface area (Å²) in [5, 5.41) is 0.669. The van der Waals surface area contributed by atoms with Crippen LogP contribution in [0, 0.1) is 30.1 Å². The van der Waals surface area contributed by atoms with E-state index in [4.69, 9.17) is 0 Å². The van der Waals surface area contributed by atoms with Gasteiger partial charge in [-0.25, -0.2) is 15.0 Å². The standard InChI is InChI=1S/C24H29N5O2S/c1-15-19(32-21(27-15)20-25-3-2-4-26-20)22(30)28-5-7-29(8-6-28)23(31)24-12-16-9-17(13-24)11-18(10-16)14-24/h2-4,16-18H,5-14H2,1H3. The van der Waals surface area contributed by atoms with Crippen LogP contribution in [0.25, 0.3) is 10.8 Å². The highest BCUT2D eigenvalue weighted by molar-refractivity contribution is 7.17. The largest absolute Gasteiger partial charge is 0.339 e. The van der Waals surface area contributed by atoms with Gasteiger partial charge in [-0.3, -0.25) is 9.59 Å². The lowest BCUT2D eigenvalue weighted by molar-refractivity contribution is -0.159. The van der Waals surface area contributed by atoms with Gasteiger partial charge in [-0.1, -0.05) is 0 Å². The highest BCUT2D eigenvalue weighted by atomic mass is 32.1. The monoisotopic (exact) mass is 451 g/mol. The topological polar surface area (TPSA) is 79.3 Å². The molecule has 4 bridgehead atoms. The van der Waals surface area contributed by atoms with Crippen molar-refractivity contribution in [3.63, 3.8) is 0 Å². The van der Waals surface area contributed by atoms with Crippen molar-refractivity contribution in [3.05, 3.63) is 29.0 Å². The first-order chi connectivity index (χ1) is 15.5. The number of piperazine rings is 1. The lowest BCUT2D eigenvalue weighted by Gasteiger charge is -2.57. The fourth-order valence-electron chi connectivity index (χ4n) is 7.06. The minimum Gasteiger partial charge on any atom is -0.339 e. The SMILES string of the molecule is Cc1nc(-c2ncccn2)sc1C(=O)N1CCN(C(=O)C23CC4CC(CC(C4)C2)C3)CC1. The van der Waals surface area contributed by atoms with Crippen LogP contribution in [0.2, 0.25) is 0 Å². The fourth-order valence-corrected chi connectivity index (χ4v) is 8.05. The molecule has 1 aliphatic heterocycles. The minimum absolute atomic E-state index is 0.00378. The van der Waals surface area contributed by atoms with Crippen LogP contribution in [0.1, 0.15) is 53.9 Å². The summed E-state index contributed by atoms with van der Waals surface area (Å²) in [6.07, 6.45) is 10.7. The van der Waals surface area contributed by atoms with Crippen molar-refractivity contribution >= 4 is 23.2 Å². The van der Waals surface area contributed by atoms with Gasteiger partial charge in [0.25, 0.3) is 5.91 Å². The van der Waals surface area contributed by atoms with Crippen LogP contribution in [0.15, 0.2) is 18.5 Å². The number of thiazole rings is 1. The zero-order valence-electron chi connectivity index (χ0n) is 18.5. The number of carbonyl (C=O) groups is 2. The quantitative estimate of drug-likeness (QED) is 0.715. The summed E-state index contributed by atoms with van der Waals surface area (Å²) in [7, 11) is 0. The first-order valence-electron chi connectivity index (χ1n) is 11.8. The Kier molecular flexibility index (Phi) is 4.82. The fraction of sp³-hybridized carbons (Fsp3) is 0.625. The number of nitrogens with zero attached hydrogens (tertiary/aromatic N) is 5. The van der Waals surface area contributed by atoms with Crippen molar-refractivity contribution in [3.8, 4) is 10.8 Å². The summed E-state index contributed by atoms with van der Waals surface area (Å²) in [6, 6.07) is 1.76. The molecule has 0 spiro atoms. The third kappa shape index (κ3) is 3.34. The summed E-state index contributed by atoms with van der Waals surface area (Å²) in [5.41, 5.74) is 0.620. The number of hydrogen-bond acceptors (Lipinski definition) is 6. The summed E-state index contributed by atoms with van der Waals surface area (Å²) in [5.74, 6) is 3.23. The molecule has 1 saturated heterocycles. The number of amides is 2. The Bertz CT molecular complexity index is 1010.